The highest BCUT2D eigenvalue weighted by molar-refractivity contribution is 5.81. The second-order valence-electron chi connectivity index (χ2n) is 3.90. The van der Waals surface area contributed by atoms with Crippen LogP contribution in [0, 0.1) is 11.8 Å². The van der Waals surface area contributed by atoms with Crippen molar-refractivity contribution in [2.45, 2.75) is 20.3 Å². The fourth-order valence-electron chi connectivity index (χ4n) is 1.64. The molecule has 70 valence electrons. The third-order valence-electron chi connectivity index (χ3n) is 2.28. The quantitative estimate of drug-likeness (QED) is 0.668. The molecule has 1 saturated heterocycles. The van der Waals surface area contributed by atoms with E-state index in [1.807, 2.05) is 4.90 Å². The second kappa shape index (κ2) is 3.90. The molecular formula is C9H18N2O. The average molecular weight is 170 g/mol. The van der Waals surface area contributed by atoms with Gasteiger partial charge in [-0.2, -0.15) is 0 Å². The summed E-state index contributed by atoms with van der Waals surface area (Å²) in [5, 5.41) is 0. The molecule has 0 aromatic heterocycles. The van der Waals surface area contributed by atoms with Crippen LogP contribution in [0.5, 0.6) is 0 Å². The minimum absolute atomic E-state index is 0.101. The van der Waals surface area contributed by atoms with Crippen LogP contribution < -0.4 is 5.73 Å². The molecule has 1 aliphatic rings. The van der Waals surface area contributed by atoms with Gasteiger partial charge in [0.2, 0.25) is 5.91 Å². The van der Waals surface area contributed by atoms with Crippen molar-refractivity contribution in [1.29, 1.82) is 0 Å². The topological polar surface area (TPSA) is 46.3 Å². The third kappa shape index (κ3) is 1.97. The molecule has 2 N–H and O–H groups in total. The SMILES string of the molecule is CC(C)CN1CCC(CN)C1=O. The standard InChI is InChI=1S/C9H18N2O/c1-7(2)6-11-4-3-8(5-10)9(11)12/h7-8H,3-6,10H2,1-2H3. The summed E-state index contributed by atoms with van der Waals surface area (Å²) in [6.45, 7) is 6.55. The summed E-state index contributed by atoms with van der Waals surface area (Å²) in [5.74, 6) is 0.917. The second-order valence-corrected chi connectivity index (χ2v) is 3.90. The predicted octanol–water partition coefficient (Wildman–Crippen LogP) is 0.450. The van der Waals surface area contributed by atoms with Crippen molar-refractivity contribution in [2.24, 2.45) is 17.6 Å². The van der Waals surface area contributed by atoms with Gasteiger partial charge in [0.25, 0.3) is 0 Å². The molecule has 0 radical (unpaired) electrons. The van der Waals surface area contributed by atoms with Gasteiger partial charge >= 0.3 is 0 Å². The van der Waals surface area contributed by atoms with Crippen molar-refractivity contribution in [2.75, 3.05) is 19.6 Å². The Morgan fingerprint density at radius 2 is 2.33 bits per heavy atom. The zero-order valence-electron chi connectivity index (χ0n) is 7.92. The lowest BCUT2D eigenvalue weighted by Gasteiger charge is -2.18. The molecule has 1 fully saturated rings. The lowest BCUT2D eigenvalue weighted by Crippen LogP contribution is -2.32. The smallest absolute Gasteiger partial charge is 0.227 e. The van der Waals surface area contributed by atoms with Crippen molar-refractivity contribution in [3.8, 4) is 0 Å². The van der Waals surface area contributed by atoms with E-state index in [2.05, 4.69) is 13.8 Å². The summed E-state index contributed by atoms with van der Waals surface area (Å²) < 4.78 is 0. The Balaban J connectivity index is 2.44. The number of hydrogen-bond acceptors (Lipinski definition) is 2. The van der Waals surface area contributed by atoms with Gasteiger partial charge in [-0.25, -0.2) is 0 Å². The first-order valence-electron chi connectivity index (χ1n) is 4.64. The molecule has 0 spiro atoms. The molecule has 0 bridgehead atoms. The maximum atomic E-state index is 11.5. The highest BCUT2D eigenvalue weighted by Crippen LogP contribution is 2.17. The maximum Gasteiger partial charge on any atom is 0.227 e. The van der Waals surface area contributed by atoms with Crippen LogP contribution in [-0.4, -0.2) is 30.4 Å². The van der Waals surface area contributed by atoms with Crippen molar-refractivity contribution < 1.29 is 4.79 Å². The summed E-state index contributed by atoms with van der Waals surface area (Å²) in [5.41, 5.74) is 5.47. The molecule has 3 nitrogen and oxygen atoms in total. The van der Waals surface area contributed by atoms with E-state index < -0.39 is 0 Å². The maximum absolute atomic E-state index is 11.5. The van der Waals surface area contributed by atoms with E-state index >= 15 is 0 Å². The van der Waals surface area contributed by atoms with Crippen LogP contribution in [-0.2, 0) is 4.79 Å². The first kappa shape index (κ1) is 9.52. The fourth-order valence-corrected chi connectivity index (χ4v) is 1.64. The number of nitrogens with two attached hydrogens (primary N) is 1. The lowest BCUT2D eigenvalue weighted by atomic mass is 10.1. The van der Waals surface area contributed by atoms with Crippen LogP contribution in [0.25, 0.3) is 0 Å². The Bertz CT molecular complexity index is 168. The van der Waals surface area contributed by atoms with E-state index in [1.165, 1.54) is 0 Å². The van der Waals surface area contributed by atoms with E-state index in [4.69, 9.17) is 5.73 Å². The summed E-state index contributed by atoms with van der Waals surface area (Å²) in [7, 11) is 0. The van der Waals surface area contributed by atoms with E-state index in [1.54, 1.807) is 0 Å². The number of rotatable bonds is 3. The first-order chi connectivity index (χ1) is 5.65. The van der Waals surface area contributed by atoms with Crippen LogP contribution in [0.3, 0.4) is 0 Å². The molecule has 0 aromatic carbocycles. The van der Waals surface area contributed by atoms with Crippen molar-refractivity contribution in [1.82, 2.24) is 4.90 Å². The number of likely N-dealkylation sites (tertiary alicyclic amines) is 1. The first-order valence-corrected chi connectivity index (χ1v) is 4.64. The Labute approximate surface area is 73.9 Å². The van der Waals surface area contributed by atoms with Crippen LogP contribution in [0.1, 0.15) is 20.3 Å². The predicted molar refractivity (Wildman–Crippen MR) is 48.6 cm³/mol. The molecule has 1 atom stereocenters. The van der Waals surface area contributed by atoms with Crippen molar-refractivity contribution in [3.63, 3.8) is 0 Å². The van der Waals surface area contributed by atoms with Gasteiger partial charge in [0.15, 0.2) is 0 Å². The van der Waals surface area contributed by atoms with Crippen LogP contribution in [0.4, 0.5) is 0 Å². The number of hydrogen-bond donors (Lipinski definition) is 1. The van der Waals surface area contributed by atoms with Crippen LogP contribution in [0.2, 0.25) is 0 Å². The molecule has 0 aliphatic carbocycles. The molecule has 1 unspecified atom stereocenters. The van der Waals surface area contributed by atoms with Gasteiger partial charge in [0.05, 0.1) is 5.92 Å². The molecule has 0 saturated carbocycles. The van der Waals surface area contributed by atoms with Crippen molar-refractivity contribution >= 4 is 5.91 Å². The van der Waals surface area contributed by atoms with Crippen molar-refractivity contribution in [3.05, 3.63) is 0 Å². The van der Waals surface area contributed by atoms with Gasteiger partial charge in [-0.1, -0.05) is 13.8 Å². The Kier molecular flexibility index (Phi) is 3.09. The molecule has 1 heterocycles. The minimum atomic E-state index is 0.101. The summed E-state index contributed by atoms with van der Waals surface area (Å²) in [6.07, 6.45) is 0.946. The lowest BCUT2D eigenvalue weighted by molar-refractivity contribution is -0.131. The molecular weight excluding hydrogens is 152 g/mol. The van der Waals surface area contributed by atoms with E-state index in [-0.39, 0.29) is 11.8 Å². The minimum Gasteiger partial charge on any atom is -0.342 e. The van der Waals surface area contributed by atoms with E-state index in [9.17, 15) is 4.79 Å². The third-order valence-corrected chi connectivity index (χ3v) is 2.28. The fraction of sp³-hybridized carbons (Fsp3) is 0.889. The van der Waals surface area contributed by atoms with E-state index in [0.717, 1.165) is 19.5 Å². The number of carbonyl (C=O) groups is 1. The Morgan fingerprint density at radius 3 is 2.75 bits per heavy atom. The molecule has 1 rings (SSSR count). The summed E-state index contributed by atoms with van der Waals surface area (Å²) in [6, 6.07) is 0. The molecule has 12 heavy (non-hydrogen) atoms. The number of nitrogens with zero attached hydrogens (tertiary/aromatic N) is 1. The van der Waals surface area contributed by atoms with E-state index in [0.29, 0.717) is 12.5 Å². The van der Waals surface area contributed by atoms with Gasteiger partial charge in [-0.05, 0) is 12.3 Å². The molecule has 0 aromatic rings. The van der Waals surface area contributed by atoms with Gasteiger partial charge in [-0.3, -0.25) is 4.79 Å². The molecule has 3 heteroatoms. The zero-order chi connectivity index (χ0) is 9.14. The molecule has 1 amide bonds. The largest absolute Gasteiger partial charge is 0.342 e. The highest BCUT2D eigenvalue weighted by atomic mass is 16.2. The zero-order valence-corrected chi connectivity index (χ0v) is 7.92. The number of carbonyl (C=O) groups excluding carboxylic acids is 1. The normalized spacial score (nSPS) is 24.2. The van der Waals surface area contributed by atoms with Crippen LogP contribution >= 0.6 is 0 Å². The highest BCUT2D eigenvalue weighted by Gasteiger charge is 2.30. The Morgan fingerprint density at radius 1 is 1.67 bits per heavy atom. The van der Waals surface area contributed by atoms with Gasteiger partial charge in [0.1, 0.15) is 0 Å². The number of amides is 1. The van der Waals surface area contributed by atoms with Gasteiger partial charge in [-0.15, -0.1) is 0 Å². The molecule has 1 aliphatic heterocycles. The summed E-state index contributed by atoms with van der Waals surface area (Å²) >= 11 is 0. The van der Waals surface area contributed by atoms with Gasteiger partial charge < -0.3 is 10.6 Å². The Hall–Kier alpha value is -0.570. The van der Waals surface area contributed by atoms with Crippen LogP contribution in [0.15, 0.2) is 0 Å². The monoisotopic (exact) mass is 170 g/mol. The van der Waals surface area contributed by atoms with Gasteiger partial charge in [0, 0.05) is 19.6 Å². The average Bonchev–Trinajstić information content (AvgIpc) is 2.32. The summed E-state index contributed by atoms with van der Waals surface area (Å²) in [4.78, 5) is 13.5.